The number of amides is 3. The van der Waals surface area contributed by atoms with E-state index in [-0.39, 0.29) is 30.8 Å². The molecule has 3 aliphatic rings. The molecule has 33 heavy (non-hydrogen) atoms. The topological polar surface area (TPSA) is 94.2 Å². The third-order valence-electron chi connectivity index (χ3n) is 6.57. The molecule has 4 atom stereocenters. The molecule has 0 aromatic heterocycles. The van der Waals surface area contributed by atoms with Crippen molar-refractivity contribution < 1.29 is 28.6 Å². The Labute approximate surface area is 191 Å². The maximum absolute atomic E-state index is 13.3. The van der Waals surface area contributed by atoms with Gasteiger partial charge < -0.3 is 19.5 Å². The molecule has 0 radical (unpaired) electrons. The van der Waals surface area contributed by atoms with Gasteiger partial charge in [0.1, 0.15) is 17.1 Å². The van der Waals surface area contributed by atoms with Crippen molar-refractivity contribution in [2.45, 2.75) is 18.2 Å². The molecule has 2 aromatic carbocycles. The lowest BCUT2D eigenvalue weighted by molar-refractivity contribution is -0.144. The molecule has 0 unspecified atom stereocenters. The van der Waals surface area contributed by atoms with Crippen LogP contribution in [0, 0.1) is 11.8 Å². The van der Waals surface area contributed by atoms with Gasteiger partial charge in [-0.2, -0.15) is 0 Å². The van der Waals surface area contributed by atoms with E-state index in [1.165, 1.54) is 19.1 Å². The number of hydrogen-bond acceptors (Lipinski definition) is 6. The Morgan fingerprint density at radius 1 is 1.06 bits per heavy atom. The molecule has 0 spiro atoms. The third-order valence-corrected chi connectivity index (χ3v) is 6.57. The molecule has 2 saturated heterocycles. The molecule has 0 aliphatic carbocycles. The van der Waals surface area contributed by atoms with Crippen molar-refractivity contribution in [3.05, 3.63) is 71.8 Å². The number of rotatable bonds is 7. The van der Waals surface area contributed by atoms with E-state index in [0.29, 0.717) is 17.1 Å². The van der Waals surface area contributed by atoms with Crippen LogP contribution in [0.1, 0.15) is 15.9 Å². The number of methoxy groups -OCH3 is 2. The van der Waals surface area contributed by atoms with Gasteiger partial charge in [-0.15, -0.1) is 0 Å². The summed E-state index contributed by atoms with van der Waals surface area (Å²) in [6.07, 6.45) is 3.16. The zero-order chi connectivity index (χ0) is 23.2. The molecule has 8 heteroatoms. The summed E-state index contributed by atoms with van der Waals surface area (Å²) >= 11 is 0. The van der Waals surface area contributed by atoms with E-state index < -0.39 is 23.5 Å². The van der Waals surface area contributed by atoms with Crippen LogP contribution in [0.25, 0.3) is 0 Å². The maximum Gasteiger partial charge on any atom is 0.251 e. The van der Waals surface area contributed by atoms with Crippen LogP contribution in [0.2, 0.25) is 0 Å². The first kappa shape index (κ1) is 21.2. The van der Waals surface area contributed by atoms with Gasteiger partial charge in [0.25, 0.3) is 5.91 Å². The minimum Gasteiger partial charge on any atom is -0.497 e. The van der Waals surface area contributed by atoms with E-state index in [0.717, 1.165) is 5.56 Å². The van der Waals surface area contributed by atoms with Gasteiger partial charge in [0.05, 0.1) is 45.2 Å². The largest absolute Gasteiger partial charge is 0.497 e. The maximum atomic E-state index is 13.3. The van der Waals surface area contributed by atoms with Crippen LogP contribution in [0.15, 0.2) is 60.7 Å². The predicted octanol–water partition coefficient (Wildman–Crippen LogP) is 1.94. The van der Waals surface area contributed by atoms with Gasteiger partial charge in [-0.05, 0) is 17.7 Å². The van der Waals surface area contributed by atoms with Gasteiger partial charge in [-0.3, -0.25) is 19.3 Å². The van der Waals surface area contributed by atoms with Gasteiger partial charge in [-0.1, -0.05) is 42.5 Å². The minimum absolute atomic E-state index is 0.0672. The van der Waals surface area contributed by atoms with Crippen molar-refractivity contribution >= 4 is 17.7 Å². The molecule has 3 aliphatic heterocycles. The molecule has 5 rings (SSSR count). The van der Waals surface area contributed by atoms with Crippen LogP contribution in [0.3, 0.4) is 0 Å². The van der Waals surface area contributed by atoms with Gasteiger partial charge in [0, 0.05) is 11.6 Å². The minimum atomic E-state index is -1.05. The fourth-order valence-electron chi connectivity index (χ4n) is 4.95. The average molecular weight is 448 g/mol. The first-order valence-electron chi connectivity index (χ1n) is 10.7. The normalized spacial score (nSPS) is 27.1. The number of carbonyl (C=O) groups excluding carboxylic acids is 3. The summed E-state index contributed by atoms with van der Waals surface area (Å²) in [4.78, 5) is 40.6. The molecule has 0 saturated carbocycles. The van der Waals surface area contributed by atoms with Gasteiger partial charge in [-0.25, -0.2) is 0 Å². The summed E-state index contributed by atoms with van der Waals surface area (Å²) in [6, 6.07) is 14.3. The quantitative estimate of drug-likeness (QED) is 0.514. The zero-order valence-corrected chi connectivity index (χ0v) is 18.3. The van der Waals surface area contributed by atoms with Crippen molar-refractivity contribution in [2.24, 2.45) is 11.8 Å². The Hall–Kier alpha value is -3.65. The van der Waals surface area contributed by atoms with Crippen molar-refractivity contribution in [1.82, 2.24) is 10.2 Å². The molecule has 3 heterocycles. The lowest BCUT2D eigenvalue weighted by Gasteiger charge is -2.29. The monoisotopic (exact) mass is 448 g/mol. The van der Waals surface area contributed by atoms with Crippen molar-refractivity contribution in [3.8, 4) is 11.5 Å². The highest BCUT2D eigenvalue weighted by atomic mass is 16.5. The van der Waals surface area contributed by atoms with E-state index in [2.05, 4.69) is 5.32 Å². The van der Waals surface area contributed by atoms with E-state index in [9.17, 15) is 14.4 Å². The number of carbonyl (C=O) groups is 3. The zero-order valence-electron chi connectivity index (χ0n) is 18.3. The third kappa shape index (κ3) is 3.47. The van der Waals surface area contributed by atoms with Gasteiger partial charge in [0.15, 0.2) is 0 Å². The Morgan fingerprint density at radius 2 is 1.76 bits per heavy atom. The number of imide groups is 1. The van der Waals surface area contributed by atoms with E-state index in [1.54, 1.807) is 18.2 Å². The Bertz CT molecular complexity index is 1120. The number of nitrogens with one attached hydrogen (secondary N) is 1. The molecule has 2 bridgehead atoms. The second-order valence-corrected chi connectivity index (χ2v) is 8.43. The average Bonchev–Trinajstić information content (AvgIpc) is 3.49. The van der Waals surface area contributed by atoms with Crippen LogP contribution >= 0.6 is 0 Å². The van der Waals surface area contributed by atoms with Crippen LogP contribution in [0.4, 0.5) is 0 Å². The summed E-state index contributed by atoms with van der Waals surface area (Å²) < 4.78 is 16.6. The van der Waals surface area contributed by atoms with Crippen LogP contribution in [-0.2, 0) is 20.9 Å². The molecule has 8 nitrogen and oxygen atoms in total. The molecule has 1 N–H and O–H groups in total. The first-order valence-corrected chi connectivity index (χ1v) is 10.7. The van der Waals surface area contributed by atoms with Gasteiger partial charge in [0.2, 0.25) is 11.8 Å². The molecule has 3 amide bonds. The number of ether oxygens (including phenoxy) is 3. The molecular formula is C25H24N2O6. The smallest absolute Gasteiger partial charge is 0.251 e. The lowest BCUT2D eigenvalue weighted by Crippen LogP contribution is -2.48. The fourth-order valence-corrected chi connectivity index (χ4v) is 4.95. The molecular weight excluding hydrogens is 424 g/mol. The number of likely N-dealkylation sites (tertiary alicyclic amines) is 1. The Morgan fingerprint density at radius 3 is 2.42 bits per heavy atom. The van der Waals surface area contributed by atoms with E-state index in [1.807, 2.05) is 42.5 Å². The van der Waals surface area contributed by atoms with E-state index in [4.69, 9.17) is 14.2 Å². The number of hydrogen-bond donors (Lipinski definition) is 1. The number of benzene rings is 2. The second-order valence-electron chi connectivity index (χ2n) is 8.43. The Kier molecular flexibility index (Phi) is 5.17. The summed E-state index contributed by atoms with van der Waals surface area (Å²) in [5, 5.41) is 2.87. The summed E-state index contributed by atoms with van der Waals surface area (Å²) in [5.41, 5.74) is 0.191. The standard InChI is InChI=1S/C25H24N2O6/c1-31-17-10-16(11-18(12-17)32-2)22(28)26-14-25-9-8-19(33-25)20-21(25)24(30)27(23(20)29)13-15-6-4-3-5-7-15/h3-12,19-21H,13-14H2,1-2H3,(H,26,28)/t19-,20+,21+,25-/m1/s1. The molecule has 2 fully saturated rings. The van der Waals surface area contributed by atoms with Gasteiger partial charge >= 0.3 is 0 Å². The predicted molar refractivity (Wildman–Crippen MR) is 118 cm³/mol. The van der Waals surface area contributed by atoms with Crippen LogP contribution in [-0.4, -0.2) is 55.1 Å². The second kappa shape index (κ2) is 8.04. The molecule has 170 valence electrons. The highest BCUT2D eigenvalue weighted by Gasteiger charge is 2.67. The molecule has 2 aromatic rings. The van der Waals surface area contributed by atoms with Crippen LogP contribution < -0.4 is 14.8 Å². The van der Waals surface area contributed by atoms with Crippen molar-refractivity contribution in [3.63, 3.8) is 0 Å². The SMILES string of the molecule is COc1cc(OC)cc(C(=O)NC[C@@]23C=C[C@@H](O2)[C@@H]2C(=O)N(Cc4ccccc4)C(=O)[C@H]23)c1. The lowest BCUT2D eigenvalue weighted by atomic mass is 9.77. The van der Waals surface area contributed by atoms with Crippen molar-refractivity contribution in [1.29, 1.82) is 0 Å². The number of nitrogens with zero attached hydrogens (tertiary/aromatic N) is 1. The summed E-state index contributed by atoms with van der Waals surface area (Å²) in [7, 11) is 3.02. The highest BCUT2D eigenvalue weighted by Crippen LogP contribution is 2.51. The van der Waals surface area contributed by atoms with Crippen LogP contribution in [0.5, 0.6) is 11.5 Å². The Balaban J connectivity index is 1.34. The summed E-state index contributed by atoms with van der Waals surface area (Å²) in [5.74, 6) is -1.10. The fraction of sp³-hybridized carbons (Fsp3) is 0.320. The van der Waals surface area contributed by atoms with E-state index >= 15 is 0 Å². The summed E-state index contributed by atoms with van der Waals surface area (Å²) in [6.45, 7) is 0.294. The highest BCUT2D eigenvalue weighted by molar-refractivity contribution is 6.07. The number of fused-ring (bicyclic) bond motifs is 5. The first-order chi connectivity index (χ1) is 16.0. The van der Waals surface area contributed by atoms with Crippen molar-refractivity contribution in [2.75, 3.05) is 20.8 Å².